The normalized spacial score (nSPS) is 22.1. The SMILES string of the molecule is Cc1cc(C(=O)N2CCNC(C)C2C)c2cnn(C(C)C)c2n1. The maximum Gasteiger partial charge on any atom is 0.255 e. The van der Waals surface area contributed by atoms with Gasteiger partial charge in [-0.05, 0) is 40.7 Å². The maximum absolute atomic E-state index is 13.1. The Morgan fingerprint density at radius 3 is 2.83 bits per heavy atom. The van der Waals surface area contributed by atoms with Gasteiger partial charge in [-0.3, -0.25) is 4.79 Å². The molecule has 0 aromatic carbocycles. The largest absolute Gasteiger partial charge is 0.333 e. The van der Waals surface area contributed by atoms with Crippen LogP contribution in [-0.2, 0) is 0 Å². The lowest BCUT2D eigenvalue weighted by Gasteiger charge is -2.38. The number of hydrogen-bond acceptors (Lipinski definition) is 4. The van der Waals surface area contributed by atoms with Gasteiger partial charge < -0.3 is 10.2 Å². The summed E-state index contributed by atoms with van der Waals surface area (Å²) < 4.78 is 1.88. The molecule has 6 heteroatoms. The van der Waals surface area contributed by atoms with Gasteiger partial charge >= 0.3 is 0 Å². The van der Waals surface area contributed by atoms with E-state index in [4.69, 9.17) is 0 Å². The monoisotopic (exact) mass is 315 g/mol. The molecule has 1 amide bonds. The summed E-state index contributed by atoms with van der Waals surface area (Å²) in [6.07, 6.45) is 1.77. The van der Waals surface area contributed by atoms with Gasteiger partial charge in [0.2, 0.25) is 0 Å². The number of hydrogen-bond donors (Lipinski definition) is 1. The third kappa shape index (κ3) is 2.72. The van der Waals surface area contributed by atoms with Crippen LogP contribution in [0.1, 0.15) is 49.8 Å². The fourth-order valence-corrected chi connectivity index (χ4v) is 3.20. The van der Waals surface area contributed by atoms with Crippen molar-refractivity contribution in [3.05, 3.63) is 23.5 Å². The molecule has 0 bridgehead atoms. The number of pyridine rings is 1. The number of nitrogens with one attached hydrogen (secondary N) is 1. The first kappa shape index (κ1) is 15.9. The average Bonchev–Trinajstić information content (AvgIpc) is 2.92. The third-order valence-corrected chi connectivity index (χ3v) is 4.71. The van der Waals surface area contributed by atoms with Gasteiger partial charge in [0, 0.05) is 36.9 Å². The zero-order valence-corrected chi connectivity index (χ0v) is 14.5. The van der Waals surface area contributed by atoms with Crippen molar-refractivity contribution in [3.8, 4) is 0 Å². The summed E-state index contributed by atoms with van der Waals surface area (Å²) in [4.78, 5) is 19.7. The van der Waals surface area contributed by atoms with Crippen molar-refractivity contribution < 1.29 is 4.79 Å². The molecule has 1 aliphatic heterocycles. The molecule has 23 heavy (non-hydrogen) atoms. The van der Waals surface area contributed by atoms with Crippen molar-refractivity contribution in [1.29, 1.82) is 0 Å². The molecule has 3 heterocycles. The Bertz CT molecular complexity index is 736. The number of carbonyl (C=O) groups excluding carboxylic acids is 1. The number of rotatable bonds is 2. The zero-order chi connectivity index (χ0) is 16.7. The minimum Gasteiger partial charge on any atom is -0.333 e. The number of aryl methyl sites for hydroxylation is 1. The lowest BCUT2D eigenvalue weighted by molar-refractivity contribution is 0.0605. The van der Waals surface area contributed by atoms with Crippen LogP contribution in [0.5, 0.6) is 0 Å². The van der Waals surface area contributed by atoms with E-state index >= 15 is 0 Å². The number of piperazine rings is 1. The van der Waals surface area contributed by atoms with E-state index < -0.39 is 0 Å². The first-order chi connectivity index (χ1) is 10.9. The first-order valence-corrected chi connectivity index (χ1v) is 8.29. The van der Waals surface area contributed by atoms with Gasteiger partial charge in [0.15, 0.2) is 5.65 Å². The summed E-state index contributed by atoms with van der Waals surface area (Å²) in [6, 6.07) is 2.56. The minimum atomic E-state index is 0.0738. The van der Waals surface area contributed by atoms with E-state index in [9.17, 15) is 4.79 Å². The summed E-state index contributed by atoms with van der Waals surface area (Å²) in [5.74, 6) is 0.0738. The van der Waals surface area contributed by atoms with Crippen LogP contribution < -0.4 is 5.32 Å². The van der Waals surface area contributed by atoms with Gasteiger partial charge in [0.25, 0.3) is 5.91 Å². The molecular weight excluding hydrogens is 290 g/mol. The molecule has 2 atom stereocenters. The topological polar surface area (TPSA) is 63.1 Å². The van der Waals surface area contributed by atoms with Gasteiger partial charge in [-0.2, -0.15) is 5.10 Å². The van der Waals surface area contributed by atoms with Crippen molar-refractivity contribution in [1.82, 2.24) is 25.0 Å². The summed E-state index contributed by atoms with van der Waals surface area (Å²) >= 11 is 0. The zero-order valence-electron chi connectivity index (χ0n) is 14.5. The van der Waals surface area contributed by atoms with Crippen molar-refractivity contribution in [2.75, 3.05) is 13.1 Å². The van der Waals surface area contributed by atoms with Crippen LogP contribution in [0, 0.1) is 6.92 Å². The summed E-state index contributed by atoms with van der Waals surface area (Å²) in [7, 11) is 0. The fraction of sp³-hybridized carbons (Fsp3) is 0.588. The van der Waals surface area contributed by atoms with Gasteiger partial charge in [-0.1, -0.05) is 0 Å². The van der Waals surface area contributed by atoms with Crippen LogP contribution in [0.2, 0.25) is 0 Å². The summed E-state index contributed by atoms with van der Waals surface area (Å²) in [6.45, 7) is 11.8. The quantitative estimate of drug-likeness (QED) is 0.922. The molecule has 0 spiro atoms. The molecule has 1 fully saturated rings. The van der Waals surface area contributed by atoms with Crippen molar-refractivity contribution >= 4 is 16.9 Å². The van der Waals surface area contributed by atoms with Crippen LogP contribution in [0.15, 0.2) is 12.3 Å². The Labute approximate surface area is 136 Å². The predicted molar refractivity (Wildman–Crippen MR) is 90.6 cm³/mol. The number of fused-ring (bicyclic) bond motifs is 1. The summed E-state index contributed by atoms with van der Waals surface area (Å²) in [5.41, 5.74) is 2.35. The third-order valence-electron chi connectivity index (χ3n) is 4.71. The molecule has 1 saturated heterocycles. The second kappa shape index (κ2) is 5.92. The highest BCUT2D eigenvalue weighted by Gasteiger charge is 2.30. The molecular formula is C17H25N5O. The molecule has 1 aliphatic rings. The van der Waals surface area contributed by atoms with Crippen LogP contribution in [0.4, 0.5) is 0 Å². The summed E-state index contributed by atoms with van der Waals surface area (Å²) in [5, 5.41) is 8.68. The lowest BCUT2D eigenvalue weighted by atomic mass is 10.0. The van der Waals surface area contributed by atoms with Gasteiger partial charge in [0.1, 0.15) is 0 Å². The maximum atomic E-state index is 13.1. The molecule has 2 unspecified atom stereocenters. The molecule has 124 valence electrons. The molecule has 0 aliphatic carbocycles. The minimum absolute atomic E-state index is 0.0738. The number of aromatic nitrogens is 3. The fourth-order valence-electron chi connectivity index (χ4n) is 3.20. The van der Waals surface area contributed by atoms with Crippen LogP contribution in [0.25, 0.3) is 11.0 Å². The Morgan fingerprint density at radius 1 is 1.39 bits per heavy atom. The Balaban J connectivity index is 2.07. The molecule has 0 saturated carbocycles. The van der Waals surface area contributed by atoms with Crippen LogP contribution >= 0.6 is 0 Å². The van der Waals surface area contributed by atoms with E-state index in [1.54, 1.807) is 6.20 Å². The molecule has 3 rings (SSSR count). The van der Waals surface area contributed by atoms with E-state index in [1.165, 1.54) is 0 Å². The van der Waals surface area contributed by atoms with Gasteiger partial charge in [-0.25, -0.2) is 9.67 Å². The number of amides is 1. The Morgan fingerprint density at radius 2 is 2.13 bits per heavy atom. The highest BCUT2D eigenvalue weighted by atomic mass is 16.2. The van der Waals surface area contributed by atoms with Crippen molar-refractivity contribution in [2.24, 2.45) is 0 Å². The number of nitrogens with zero attached hydrogens (tertiary/aromatic N) is 4. The smallest absolute Gasteiger partial charge is 0.255 e. The van der Waals surface area contributed by atoms with Gasteiger partial charge in [0.05, 0.1) is 17.1 Å². The molecule has 0 radical (unpaired) electrons. The van der Waals surface area contributed by atoms with E-state index in [1.807, 2.05) is 22.6 Å². The molecule has 2 aromatic rings. The van der Waals surface area contributed by atoms with Gasteiger partial charge in [-0.15, -0.1) is 0 Å². The highest BCUT2D eigenvalue weighted by Crippen LogP contribution is 2.23. The Kier molecular flexibility index (Phi) is 4.10. The average molecular weight is 315 g/mol. The van der Waals surface area contributed by atoms with Crippen molar-refractivity contribution in [2.45, 2.75) is 52.7 Å². The van der Waals surface area contributed by atoms with E-state index in [0.29, 0.717) is 11.6 Å². The second-order valence-corrected chi connectivity index (χ2v) is 6.71. The second-order valence-electron chi connectivity index (χ2n) is 6.71. The lowest BCUT2D eigenvalue weighted by Crippen LogP contribution is -2.57. The highest BCUT2D eigenvalue weighted by molar-refractivity contribution is 6.05. The predicted octanol–water partition coefficient (Wildman–Crippen LogP) is 2.14. The molecule has 6 nitrogen and oxygen atoms in total. The van der Waals surface area contributed by atoms with Crippen LogP contribution in [-0.4, -0.2) is 50.7 Å². The van der Waals surface area contributed by atoms with E-state index in [2.05, 4.69) is 43.1 Å². The Hall–Kier alpha value is -1.95. The standard InChI is InChI=1S/C17H25N5O/c1-10(2)22-16-15(9-19-22)14(8-11(3)20-16)17(23)21-7-6-18-12(4)13(21)5/h8-10,12-13,18H,6-7H2,1-5H3. The first-order valence-electron chi connectivity index (χ1n) is 8.29. The van der Waals surface area contributed by atoms with Crippen LogP contribution in [0.3, 0.4) is 0 Å². The molecule has 2 aromatic heterocycles. The van der Waals surface area contributed by atoms with Crippen molar-refractivity contribution in [3.63, 3.8) is 0 Å². The van der Waals surface area contributed by atoms with E-state index in [-0.39, 0.29) is 18.0 Å². The molecule has 1 N–H and O–H groups in total. The van der Waals surface area contributed by atoms with E-state index in [0.717, 1.165) is 29.8 Å². The number of carbonyl (C=O) groups is 1.